The molecule has 0 aliphatic rings. The summed E-state index contributed by atoms with van der Waals surface area (Å²) in [6, 6.07) is 7.87. The van der Waals surface area contributed by atoms with Crippen LogP contribution in [0, 0.1) is 0 Å². The average Bonchev–Trinajstić information content (AvgIpc) is 2.45. The van der Waals surface area contributed by atoms with Gasteiger partial charge < -0.3 is 0 Å². The summed E-state index contributed by atoms with van der Waals surface area (Å²) in [6.45, 7) is 1.61. The molecule has 0 bridgehead atoms. The number of hydrogen-bond donors (Lipinski definition) is 0. The largest absolute Gasteiger partial charge is 0.416 e. The van der Waals surface area contributed by atoms with Crippen molar-refractivity contribution in [1.29, 1.82) is 0 Å². The molecule has 2 aromatic carbocycles. The normalized spacial score (nSPS) is 12.5. The second-order valence-corrected chi connectivity index (χ2v) is 4.80. The molecule has 0 unspecified atom stereocenters. The number of aryl methyl sites for hydroxylation is 1. The number of halogens is 6. The summed E-state index contributed by atoms with van der Waals surface area (Å²) < 4.78 is 76.5. The molecular weight excluding hydrogens is 306 g/mol. The van der Waals surface area contributed by atoms with Gasteiger partial charge in [0, 0.05) is 0 Å². The summed E-state index contributed by atoms with van der Waals surface area (Å²) in [5.74, 6) is 0. The lowest BCUT2D eigenvalue weighted by Crippen LogP contribution is -2.09. The summed E-state index contributed by atoms with van der Waals surface area (Å²) in [4.78, 5) is 0. The predicted molar refractivity (Wildman–Crippen MR) is 71.3 cm³/mol. The van der Waals surface area contributed by atoms with Gasteiger partial charge in [0.25, 0.3) is 0 Å². The lowest BCUT2D eigenvalue weighted by Gasteiger charge is -2.14. The van der Waals surface area contributed by atoms with E-state index >= 15 is 0 Å². The fourth-order valence-electron chi connectivity index (χ4n) is 2.18. The predicted octanol–water partition coefficient (Wildman–Crippen LogP) is 5.95. The van der Waals surface area contributed by atoms with E-state index in [1.54, 1.807) is 6.92 Å². The molecule has 22 heavy (non-hydrogen) atoms. The zero-order valence-electron chi connectivity index (χ0n) is 11.5. The van der Waals surface area contributed by atoms with E-state index < -0.39 is 23.5 Å². The van der Waals surface area contributed by atoms with Crippen molar-refractivity contribution in [3.05, 3.63) is 59.2 Å². The number of alkyl halides is 6. The highest BCUT2D eigenvalue weighted by molar-refractivity contribution is 5.65. The van der Waals surface area contributed by atoms with Crippen LogP contribution in [0.4, 0.5) is 26.3 Å². The highest BCUT2D eigenvalue weighted by Gasteiger charge is 2.33. The molecule has 6 heteroatoms. The third kappa shape index (κ3) is 3.43. The molecule has 0 spiro atoms. The van der Waals surface area contributed by atoms with Gasteiger partial charge in [0.05, 0.1) is 11.1 Å². The van der Waals surface area contributed by atoms with Gasteiger partial charge in [-0.25, -0.2) is 0 Å². The maximum Gasteiger partial charge on any atom is 0.416 e. The molecule has 0 saturated heterocycles. The fourth-order valence-corrected chi connectivity index (χ4v) is 2.18. The molecule has 0 aliphatic heterocycles. The van der Waals surface area contributed by atoms with E-state index in [0.29, 0.717) is 5.56 Å². The molecule has 0 radical (unpaired) electrons. The Morgan fingerprint density at radius 1 is 0.727 bits per heavy atom. The van der Waals surface area contributed by atoms with Crippen molar-refractivity contribution in [2.45, 2.75) is 25.7 Å². The topological polar surface area (TPSA) is 0 Å². The van der Waals surface area contributed by atoms with Crippen LogP contribution in [0.25, 0.3) is 11.1 Å². The molecule has 2 aromatic rings. The van der Waals surface area contributed by atoms with Crippen LogP contribution in [0.15, 0.2) is 42.5 Å². The second kappa shape index (κ2) is 5.66. The minimum Gasteiger partial charge on any atom is -0.166 e. The van der Waals surface area contributed by atoms with Crippen molar-refractivity contribution in [3.8, 4) is 11.1 Å². The van der Waals surface area contributed by atoms with Gasteiger partial charge >= 0.3 is 12.4 Å². The lowest BCUT2D eigenvalue weighted by atomic mass is 9.97. The van der Waals surface area contributed by atoms with Gasteiger partial charge in [-0.3, -0.25) is 0 Å². The van der Waals surface area contributed by atoms with Gasteiger partial charge in [-0.2, -0.15) is 26.3 Å². The second-order valence-electron chi connectivity index (χ2n) is 4.80. The Morgan fingerprint density at radius 3 is 1.73 bits per heavy atom. The van der Waals surface area contributed by atoms with Crippen LogP contribution in [0.2, 0.25) is 0 Å². The van der Waals surface area contributed by atoms with E-state index in [1.807, 2.05) is 0 Å². The maximum absolute atomic E-state index is 13.0. The Hall–Kier alpha value is -1.98. The Labute approximate surface area is 123 Å². The molecule has 0 nitrogen and oxygen atoms in total. The first-order valence-corrected chi connectivity index (χ1v) is 6.50. The van der Waals surface area contributed by atoms with Crippen molar-refractivity contribution in [3.63, 3.8) is 0 Å². The summed E-state index contributed by atoms with van der Waals surface area (Å²) in [6.07, 6.45) is -8.74. The quantitative estimate of drug-likeness (QED) is 0.600. The lowest BCUT2D eigenvalue weighted by molar-refractivity contribution is -0.138. The van der Waals surface area contributed by atoms with Crippen LogP contribution >= 0.6 is 0 Å². The first-order valence-electron chi connectivity index (χ1n) is 6.50. The van der Waals surface area contributed by atoms with E-state index in [1.165, 1.54) is 24.3 Å². The molecule has 0 amide bonds. The number of rotatable bonds is 2. The zero-order valence-corrected chi connectivity index (χ0v) is 11.5. The van der Waals surface area contributed by atoms with Crippen LogP contribution in [0.5, 0.6) is 0 Å². The molecule has 0 fully saturated rings. The standard InChI is InChI=1S/C16H12F6/c1-2-10-3-4-12(9-14(10)16(20,21)22)11-5-7-13(8-6-11)15(17,18)19/h3-9H,2H2,1H3. The van der Waals surface area contributed by atoms with E-state index in [4.69, 9.17) is 0 Å². The van der Waals surface area contributed by atoms with Crippen molar-refractivity contribution < 1.29 is 26.3 Å². The monoisotopic (exact) mass is 318 g/mol. The minimum absolute atomic E-state index is 0.156. The average molecular weight is 318 g/mol. The molecule has 0 saturated carbocycles. The first-order chi connectivity index (χ1) is 10.1. The van der Waals surface area contributed by atoms with Gasteiger partial charge in [0.15, 0.2) is 0 Å². The van der Waals surface area contributed by atoms with Gasteiger partial charge in [0.1, 0.15) is 0 Å². The van der Waals surface area contributed by atoms with E-state index in [-0.39, 0.29) is 17.5 Å². The summed E-state index contributed by atoms with van der Waals surface area (Å²) in [7, 11) is 0. The molecule has 0 aromatic heterocycles. The smallest absolute Gasteiger partial charge is 0.166 e. The summed E-state index contributed by atoms with van der Waals surface area (Å²) in [5, 5.41) is 0. The Bertz CT molecular complexity index is 650. The molecule has 0 atom stereocenters. The maximum atomic E-state index is 13.0. The van der Waals surface area contributed by atoms with Crippen molar-refractivity contribution >= 4 is 0 Å². The van der Waals surface area contributed by atoms with Crippen molar-refractivity contribution in [2.24, 2.45) is 0 Å². The number of hydrogen-bond acceptors (Lipinski definition) is 0. The van der Waals surface area contributed by atoms with Gasteiger partial charge in [-0.15, -0.1) is 0 Å². The van der Waals surface area contributed by atoms with Crippen LogP contribution in [-0.4, -0.2) is 0 Å². The van der Waals surface area contributed by atoms with E-state index in [0.717, 1.165) is 18.2 Å². The fraction of sp³-hybridized carbons (Fsp3) is 0.250. The summed E-state index contributed by atoms with van der Waals surface area (Å²) in [5.41, 5.74) is -0.896. The van der Waals surface area contributed by atoms with Crippen LogP contribution < -0.4 is 0 Å². The number of benzene rings is 2. The molecular formula is C16H12F6. The summed E-state index contributed by atoms with van der Waals surface area (Å²) >= 11 is 0. The molecule has 0 N–H and O–H groups in total. The van der Waals surface area contributed by atoms with Crippen molar-refractivity contribution in [1.82, 2.24) is 0 Å². The van der Waals surface area contributed by atoms with Crippen LogP contribution in [0.3, 0.4) is 0 Å². The Morgan fingerprint density at radius 2 is 1.27 bits per heavy atom. The van der Waals surface area contributed by atoms with Gasteiger partial charge in [-0.05, 0) is 41.3 Å². The Kier molecular flexibility index (Phi) is 4.22. The highest BCUT2D eigenvalue weighted by Crippen LogP contribution is 2.36. The molecule has 0 heterocycles. The first kappa shape index (κ1) is 16.4. The molecule has 118 valence electrons. The molecule has 0 aliphatic carbocycles. The Balaban J connectivity index is 2.45. The SMILES string of the molecule is CCc1ccc(-c2ccc(C(F)(F)F)cc2)cc1C(F)(F)F. The minimum atomic E-state index is -4.49. The van der Waals surface area contributed by atoms with Gasteiger partial charge in [0.2, 0.25) is 0 Å². The van der Waals surface area contributed by atoms with Gasteiger partial charge in [-0.1, -0.05) is 31.2 Å². The third-order valence-electron chi connectivity index (χ3n) is 3.34. The highest BCUT2D eigenvalue weighted by atomic mass is 19.4. The third-order valence-corrected chi connectivity index (χ3v) is 3.34. The van der Waals surface area contributed by atoms with Crippen LogP contribution in [-0.2, 0) is 18.8 Å². The van der Waals surface area contributed by atoms with E-state index in [9.17, 15) is 26.3 Å². The van der Waals surface area contributed by atoms with Crippen LogP contribution in [0.1, 0.15) is 23.6 Å². The zero-order chi connectivity index (χ0) is 16.5. The molecule has 2 rings (SSSR count). The van der Waals surface area contributed by atoms with E-state index in [2.05, 4.69) is 0 Å². The van der Waals surface area contributed by atoms with Crippen molar-refractivity contribution in [2.75, 3.05) is 0 Å².